The Hall–Kier alpha value is -0.545. The number of benzene rings is 1. The van der Waals surface area contributed by atoms with E-state index in [1.165, 1.54) is 12.8 Å². The van der Waals surface area contributed by atoms with Crippen LogP contribution in [-0.2, 0) is 6.54 Å². The summed E-state index contributed by atoms with van der Waals surface area (Å²) in [7, 11) is 0.746. The zero-order valence-electron chi connectivity index (χ0n) is 9.34. The lowest BCUT2D eigenvalue weighted by atomic mass is 9.79. The molecular formula is C11H17BClNO2. The molecule has 1 aromatic carbocycles. The number of nitrogens with zero attached hydrogens (tertiary/aromatic N) is 1. The van der Waals surface area contributed by atoms with Gasteiger partial charge < -0.3 is 10.0 Å². The molecule has 1 aromatic rings. The van der Waals surface area contributed by atoms with E-state index in [2.05, 4.69) is 11.9 Å². The molecule has 3 nitrogen and oxygen atoms in total. The third-order valence-electron chi connectivity index (χ3n) is 2.85. The summed E-state index contributed by atoms with van der Waals surface area (Å²) >= 11 is 0. The molecule has 16 heavy (non-hydrogen) atoms. The second kappa shape index (κ2) is 5.68. The summed E-state index contributed by atoms with van der Waals surface area (Å²) in [5.74, 6) is 0. The van der Waals surface area contributed by atoms with Gasteiger partial charge in [0.2, 0.25) is 0 Å². The van der Waals surface area contributed by atoms with Gasteiger partial charge in [-0.25, -0.2) is 0 Å². The summed E-state index contributed by atoms with van der Waals surface area (Å²) in [6, 6.07) is 8.19. The maximum absolute atomic E-state index is 9.05. The highest BCUT2D eigenvalue weighted by atomic mass is 35.5. The van der Waals surface area contributed by atoms with Crippen molar-refractivity contribution in [2.75, 3.05) is 7.05 Å². The Morgan fingerprint density at radius 2 is 2.06 bits per heavy atom. The second-order valence-electron chi connectivity index (χ2n) is 4.26. The Balaban J connectivity index is 0.00000128. The average molecular weight is 242 g/mol. The van der Waals surface area contributed by atoms with Crippen LogP contribution >= 0.6 is 12.4 Å². The molecule has 1 aliphatic carbocycles. The summed E-state index contributed by atoms with van der Waals surface area (Å²) in [6.45, 7) is 0.880. The molecule has 0 aliphatic heterocycles. The highest BCUT2D eigenvalue weighted by Gasteiger charge is 2.25. The van der Waals surface area contributed by atoms with E-state index in [-0.39, 0.29) is 12.4 Å². The molecule has 0 heterocycles. The topological polar surface area (TPSA) is 43.7 Å². The van der Waals surface area contributed by atoms with E-state index < -0.39 is 7.12 Å². The molecule has 1 aliphatic rings. The van der Waals surface area contributed by atoms with Crippen LogP contribution in [0.5, 0.6) is 0 Å². The smallest absolute Gasteiger partial charge is 0.423 e. The third kappa shape index (κ3) is 3.49. The molecule has 2 N–H and O–H groups in total. The van der Waals surface area contributed by atoms with Gasteiger partial charge in [0, 0.05) is 12.6 Å². The molecule has 0 atom stereocenters. The van der Waals surface area contributed by atoms with Crippen LogP contribution in [0.25, 0.3) is 0 Å². The van der Waals surface area contributed by atoms with Gasteiger partial charge in [-0.15, -0.1) is 12.4 Å². The van der Waals surface area contributed by atoms with Gasteiger partial charge in [0.05, 0.1) is 0 Å². The van der Waals surface area contributed by atoms with Crippen LogP contribution in [-0.4, -0.2) is 35.2 Å². The Morgan fingerprint density at radius 1 is 1.38 bits per heavy atom. The van der Waals surface area contributed by atoms with Gasteiger partial charge in [-0.1, -0.05) is 24.3 Å². The van der Waals surface area contributed by atoms with E-state index >= 15 is 0 Å². The Kier molecular flexibility index (Phi) is 4.80. The van der Waals surface area contributed by atoms with E-state index in [1.807, 2.05) is 18.2 Å². The first-order valence-electron chi connectivity index (χ1n) is 5.32. The predicted octanol–water partition coefficient (Wildman–Crippen LogP) is 0.382. The molecule has 0 spiro atoms. The summed E-state index contributed by atoms with van der Waals surface area (Å²) in [6.07, 6.45) is 2.58. The summed E-state index contributed by atoms with van der Waals surface area (Å²) in [5.41, 5.74) is 1.70. The van der Waals surface area contributed by atoms with Crippen LogP contribution in [0.4, 0.5) is 0 Å². The molecule has 88 valence electrons. The van der Waals surface area contributed by atoms with E-state index in [0.717, 1.165) is 18.2 Å². The standard InChI is InChI=1S/C11H16BNO2.ClH/c1-13(11-5-6-11)8-9-3-2-4-10(7-9)12(14)15;/h2-4,7,11,14-15H,5-6,8H2,1H3;1H. The zero-order chi connectivity index (χ0) is 10.8. The summed E-state index contributed by atoms with van der Waals surface area (Å²) in [5, 5.41) is 18.1. The van der Waals surface area contributed by atoms with Crippen molar-refractivity contribution in [2.24, 2.45) is 0 Å². The Labute approximate surface area is 103 Å². The predicted molar refractivity (Wildman–Crippen MR) is 68.0 cm³/mol. The average Bonchev–Trinajstić information content (AvgIpc) is 3.01. The first-order chi connectivity index (χ1) is 7.16. The molecular weight excluding hydrogens is 224 g/mol. The van der Waals surface area contributed by atoms with Crippen molar-refractivity contribution < 1.29 is 10.0 Å². The summed E-state index contributed by atoms with van der Waals surface area (Å²) < 4.78 is 0. The maximum atomic E-state index is 9.05. The molecule has 1 fully saturated rings. The highest BCUT2D eigenvalue weighted by molar-refractivity contribution is 6.58. The minimum absolute atomic E-state index is 0. The van der Waals surface area contributed by atoms with E-state index in [1.54, 1.807) is 6.07 Å². The lowest BCUT2D eigenvalue weighted by molar-refractivity contribution is 0.316. The van der Waals surface area contributed by atoms with Crippen molar-refractivity contribution in [3.8, 4) is 0 Å². The van der Waals surface area contributed by atoms with Crippen LogP contribution in [0.3, 0.4) is 0 Å². The SMILES string of the molecule is CN(Cc1cccc(B(O)O)c1)C1CC1.Cl. The molecule has 0 saturated heterocycles. The fourth-order valence-electron chi connectivity index (χ4n) is 1.78. The van der Waals surface area contributed by atoms with Crippen LogP contribution in [0, 0.1) is 0 Å². The minimum atomic E-state index is -1.36. The van der Waals surface area contributed by atoms with Crippen molar-refractivity contribution in [1.82, 2.24) is 4.90 Å². The van der Waals surface area contributed by atoms with Gasteiger partial charge >= 0.3 is 7.12 Å². The van der Waals surface area contributed by atoms with Gasteiger partial charge in [0.1, 0.15) is 0 Å². The normalized spacial score (nSPS) is 14.8. The van der Waals surface area contributed by atoms with Gasteiger partial charge in [0.25, 0.3) is 0 Å². The first-order valence-corrected chi connectivity index (χ1v) is 5.32. The second-order valence-corrected chi connectivity index (χ2v) is 4.26. The van der Waals surface area contributed by atoms with Gasteiger partial charge in [-0.3, -0.25) is 4.90 Å². The van der Waals surface area contributed by atoms with Gasteiger partial charge in [0.15, 0.2) is 0 Å². The zero-order valence-corrected chi connectivity index (χ0v) is 10.2. The van der Waals surface area contributed by atoms with Gasteiger partial charge in [-0.05, 0) is 30.9 Å². The molecule has 0 bridgehead atoms. The molecule has 5 heteroatoms. The highest BCUT2D eigenvalue weighted by Crippen LogP contribution is 2.26. The molecule has 2 rings (SSSR count). The summed E-state index contributed by atoms with van der Waals surface area (Å²) in [4.78, 5) is 2.31. The quantitative estimate of drug-likeness (QED) is 0.749. The van der Waals surface area contributed by atoms with Crippen molar-refractivity contribution >= 4 is 25.0 Å². The van der Waals surface area contributed by atoms with Crippen LogP contribution < -0.4 is 5.46 Å². The minimum Gasteiger partial charge on any atom is -0.423 e. The Bertz CT molecular complexity index is 345. The van der Waals surface area contributed by atoms with Crippen molar-refractivity contribution in [3.05, 3.63) is 29.8 Å². The molecule has 0 radical (unpaired) electrons. The third-order valence-corrected chi connectivity index (χ3v) is 2.85. The lowest BCUT2D eigenvalue weighted by Gasteiger charge is -2.16. The molecule has 0 aromatic heterocycles. The number of halogens is 1. The number of rotatable bonds is 4. The fraction of sp³-hybridized carbons (Fsp3) is 0.455. The van der Waals surface area contributed by atoms with Crippen molar-refractivity contribution in [3.63, 3.8) is 0 Å². The Morgan fingerprint density at radius 3 is 2.62 bits per heavy atom. The first kappa shape index (κ1) is 13.5. The lowest BCUT2D eigenvalue weighted by Crippen LogP contribution is -2.30. The van der Waals surface area contributed by atoms with Crippen LogP contribution in [0.2, 0.25) is 0 Å². The van der Waals surface area contributed by atoms with E-state index in [0.29, 0.717) is 5.46 Å². The number of hydrogen-bond donors (Lipinski definition) is 2. The van der Waals surface area contributed by atoms with E-state index in [4.69, 9.17) is 10.0 Å². The van der Waals surface area contributed by atoms with Crippen LogP contribution in [0.15, 0.2) is 24.3 Å². The van der Waals surface area contributed by atoms with Crippen LogP contribution in [0.1, 0.15) is 18.4 Å². The van der Waals surface area contributed by atoms with Gasteiger partial charge in [-0.2, -0.15) is 0 Å². The number of hydrogen-bond acceptors (Lipinski definition) is 3. The molecule has 1 saturated carbocycles. The maximum Gasteiger partial charge on any atom is 0.488 e. The fourth-order valence-corrected chi connectivity index (χ4v) is 1.78. The van der Waals surface area contributed by atoms with E-state index in [9.17, 15) is 0 Å². The molecule has 0 amide bonds. The molecule has 0 unspecified atom stereocenters. The van der Waals surface area contributed by atoms with Crippen molar-refractivity contribution in [1.29, 1.82) is 0 Å². The largest absolute Gasteiger partial charge is 0.488 e. The van der Waals surface area contributed by atoms with Crippen molar-refractivity contribution in [2.45, 2.75) is 25.4 Å². The monoisotopic (exact) mass is 241 g/mol.